The second-order valence-electron chi connectivity index (χ2n) is 4.12. The molecule has 0 saturated carbocycles. The van der Waals surface area contributed by atoms with Crippen molar-refractivity contribution >= 4 is 17.5 Å². The Labute approximate surface area is 121 Å². The first-order chi connectivity index (χ1) is 9.69. The highest BCUT2D eigenvalue weighted by atomic mass is 35.5. The molecule has 0 bridgehead atoms. The standard InChI is InChI=1S/C14H15ClN2O3/c1-2-17(7-8-18)14(19)12-13(20-9-16-12)10-5-3-4-6-11(10)15/h3-6,9,18H,2,7-8H2,1H3. The zero-order valence-corrected chi connectivity index (χ0v) is 11.8. The van der Waals surface area contributed by atoms with E-state index >= 15 is 0 Å². The lowest BCUT2D eigenvalue weighted by atomic mass is 10.1. The van der Waals surface area contributed by atoms with Gasteiger partial charge >= 0.3 is 0 Å². The number of aromatic nitrogens is 1. The van der Waals surface area contributed by atoms with Crippen LogP contribution < -0.4 is 0 Å². The Kier molecular flexibility index (Phi) is 4.76. The quantitative estimate of drug-likeness (QED) is 0.920. The van der Waals surface area contributed by atoms with Gasteiger partial charge in [0.25, 0.3) is 5.91 Å². The zero-order valence-electron chi connectivity index (χ0n) is 11.0. The van der Waals surface area contributed by atoms with Crippen LogP contribution in [0.3, 0.4) is 0 Å². The average molecular weight is 295 g/mol. The summed E-state index contributed by atoms with van der Waals surface area (Å²) in [6, 6.07) is 7.10. The maximum absolute atomic E-state index is 12.4. The number of rotatable bonds is 5. The van der Waals surface area contributed by atoms with E-state index in [1.54, 1.807) is 18.2 Å². The molecule has 0 unspecified atom stereocenters. The normalized spacial score (nSPS) is 10.6. The van der Waals surface area contributed by atoms with Gasteiger partial charge in [-0.3, -0.25) is 4.79 Å². The van der Waals surface area contributed by atoms with Crippen LogP contribution in [0.15, 0.2) is 35.1 Å². The summed E-state index contributed by atoms with van der Waals surface area (Å²) < 4.78 is 5.32. The maximum atomic E-state index is 12.4. The number of likely N-dealkylation sites (N-methyl/N-ethyl adjacent to an activating group) is 1. The maximum Gasteiger partial charge on any atom is 0.276 e. The topological polar surface area (TPSA) is 66.6 Å². The fraction of sp³-hybridized carbons (Fsp3) is 0.286. The molecule has 0 aliphatic heterocycles. The molecule has 2 aromatic rings. The van der Waals surface area contributed by atoms with Crippen LogP contribution >= 0.6 is 11.6 Å². The van der Waals surface area contributed by atoms with E-state index in [0.29, 0.717) is 22.9 Å². The van der Waals surface area contributed by atoms with E-state index in [9.17, 15) is 4.79 Å². The highest BCUT2D eigenvalue weighted by Gasteiger charge is 2.23. The first-order valence-electron chi connectivity index (χ1n) is 6.27. The van der Waals surface area contributed by atoms with E-state index < -0.39 is 0 Å². The van der Waals surface area contributed by atoms with Gasteiger partial charge in [0, 0.05) is 18.7 Å². The Bertz CT molecular complexity index is 598. The molecular formula is C14H15ClN2O3. The number of halogens is 1. The molecule has 2 rings (SSSR count). The van der Waals surface area contributed by atoms with Crippen molar-refractivity contribution in [3.05, 3.63) is 41.4 Å². The molecule has 1 amide bonds. The fourth-order valence-corrected chi connectivity index (χ4v) is 2.13. The van der Waals surface area contributed by atoms with Gasteiger partial charge < -0.3 is 14.4 Å². The Morgan fingerprint density at radius 3 is 2.85 bits per heavy atom. The lowest BCUT2D eigenvalue weighted by molar-refractivity contribution is 0.0727. The molecule has 0 spiro atoms. The SMILES string of the molecule is CCN(CCO)C(=O)c1ncoc1-c1ccccc1Cl. The summed E-state index contributed by atoms with van der Waals surface area (Å²) in [5, 5.41) is 9.48. The number of nitrogens with zero attached hydrogens (tertiary/aromatic N) is 2. The van der Waals surface area contributed by atoms with Gasteiger partial charge in [-0.15, -0.1) is 0 Å². The smallest absolute Gasteiger partial charge is 0.276 e. The fourth-order valence-electron chi connectivity index (χ4n) is 1.91. The molecule has 6 heteroatoms. The van der Waals surface area contributed by atoms with E-state index in [1.165, 1.54) is 11.3 Å². The Hall–Kier alpha value is -1.85. The third kappa shape index (κ3) is 2.84. The Morgan fingerprint density at radius 1 is 1.45 bits per heavy atom. The van der Waals surface area contributed by atoms with E-state index in [-0.39, 0.29) is 24.8 Å². The van der Waals surface area contributed by atoms with E-state index in [2.05, 4.69) is 4.98 Å². The summed E-state index contributed by atoms with van der Waals surface area (Å²) in [5.74, 6) is 0.0576. The molecular weight excluding hydrogens is 280 g/mol. The number of oxazole rings is 1. The summed E-state index contributed by atoms with van der Waals surface area (Å²) in [7, 11) is 0. The second kappa shape index (κ2) is 6.54. The third-order valence-electron chi connectivity index (χ3n) is 2.93. The largest absolute Gasteiger partial charge is 0.443 e. The molecule has 20 heavy (non-hydrogen) atoms. The second-order valence-corrected chi connectivity index (χ2v) is 4.53. The van der Waals surface area contributed by atoms with Crippen LogP contribution in [0, 0.1) is 0 Å². The number of carbonyl (C=O) groups excluding carboxylic acids is 1. The van der Waals surface area contributed by atoms with Crippen LogP contribution in [0.2, 0.25) is 5.02 Å². The first-order valence-corrected chi connectivity index (χ1v) is 6.65. The molecule has 1 heterocycles. The molecule has 106 valence electrons. The summed E-state index contributed by atoms with van der Waals surface area (Å²) >= 11 is 6.11. The third-order valence-corrected chi connectivity index (χ3v) is 3.26. The van der Waals surface area contributed by atoms with Gasteiger partial charge in [-0.25, -0.2) is 4.98 Å². The molecule has 0 fully saturated rings. The van der Waals surface area contributed by atoms with Gasteiger partial charge in [-0.1, -0.05) is 23.7 Å². The molecule has 1 aromatic heterocycles. The monoisotopic (exact) mass is 294 g/mol. The van der Waals surface area contributed by atoms with Gasteiger partial charge in [0.2, 0.25) is 0 Å². The zero-order chi connectivity index (χ0) is 14.5. The predicted octanol–water partition coefficient (Wildman–Crippen LogP) is 2.45. The van der Waals surface area contributed by atoms with Crippen LogP contribution in [0.5, 0.6) is 0 Å². The van der Waals surface area contributed by atoms with Crippen molar-refractivity contribution in [2.45, 2.75) is 6.92 Å². The highest BCUT2D eigenvalue weighted by Crippen LogP contribution is 2.30. The van der Waals surface area contributed by atoms with Crippen molar-refractivity contribution in [2.75, 3.05) is 19.7 Å². The summed E-state index contributed by atoms with van der Waals surface area (Å²) in [6.07, 6.45) is 1.22. The number of aliphatic hydroxyl groups excluding tert-OH is 1. The van der Waals surface area contributed by atoms with E-state index in [1.807, 2.05) is 13.0 Å². The lowest BCUT2D eigenvalue weighted by Gasteiger charge is -2.18. The Balaban J connectivity index is 2.38. The number of amides is 1. The molecule has 0 aliphatic rings. The lowest BCUT2D eigenvalue weighted by Crippen LogP contribution is -2.33. The van der Waals surface area contributed by atoms with Gasteiger partial charge in [-0.05, 0) is 19.1 Å². The van der Waals surface area contributed by atoms with Gasteiger partial charge in [0.05, 0.1) is 11.6 Å². The number of hydrogen-bond acceptors (Lipinski definition) is 4. The molecule has 0 saturated heterocycles. The number of benzene rings is 1. The van der Waals surface area contributed by atoms with Crippen molar-refractivity contribution < 1.29 is 14.3 Å². The number of aliphatic hydroxyl groups is 1. The molecule has 5 nitrogen and oxygen atoms in total. The minimum Gasteiger partial charge on any atom is -0.443 e. The van der Waals surface area contributed by atoms with Crippen molar-refractivity contribution in [3.8, 4) is 11.3 Å². The first kappa shape index (κ1) is 14.6. The van der Waals surface area contributed by atoms with Crippen LogP contribution in [-0.4, -0.2) is 40.6 Å². The van der Waals surface area contributed by atoms with Crippen molar-refractivity contribution in [2.24, 2.45) is 0 Å². The van der Waals surface area contributed by atoms with E-state index in [4.69, 9.17) is 21.1 Å². The minimum absolute atomic E-state index is 0.0984. The van der Waals surface area contributed by atoms with E-state index in [0.717, 1.165) is 0 Å². The molecule has 0 aliphatic carbocycles. The summed E-state index contributed by atoms with van der Waals surface area (Å²) in [6.45, 7) is 2.47. The van der Waals surface area contributed by atoms with Crippen molar-refractivity contribution in [3.63, 3.8) is 0 Å². The minimum atomic E-state index is -0.287. The molecule has 0 atom stereocenters. The van der Waals surface area contributed by atoms with Crippen LogP contribution in [0.25, 0.3) is 11.3 Å². The van der Waals surface area contributed by atoms with Crippen LogP contribution in [0.4, 0.5) is 0 Å². The van der Waals surface area contributed by atoms with Crippen molar-refractivity contribution in [1.82, 2.24) is 9.88 Å². The average Bonchev–Trinajstić information content (AvgIpc) is 2.93. The Morgan fingerprint density at radius 2 is 2.20 bits per heavy atom. The highest BCUT2D eigenvalue weighted by molar-refractivity contribution is 6.33. The van der Waals surface area contributed by atoms with Gasteiger partial charge in [0.15, 0.2) is 17.8 Å². The van der Waals surface area contributed by atoms with Gasteiger partial charge in [-0.2, -0.15) is 0 Å². The molecule has 1 N–H and O–H groups in total. The van der Waals surface area contributed by atoms with Crippen molar-refractivity contribution in [1.29, 1.82) is 0 Å². The molecule has 1 aromatic carbocycles. The summed E-state index contributed by atoms with van der Waals surface area (Å²) in [5.41, 5.74) is 0.823. The van der Waals surface area contributed by atoms with Crippen LogP contribution in [-0.2, 0) is 0 Å². The molecule has 0 radical (unpaired) electrons. The number of hydrogen-bond donors (Lipinski definition) is 1. The predicted molar refractivity (Wildman–Crippen MR) is 75.6 cm³/mol. The number of carbonyl (C=O) groups is 1. The van der Waals surface area contributed by atoms with Crippen LogP contribution in [0.1, 0.15) is 17.4 Å². The summed E-state index contributed by atoms with van der Waals surface area (Å²) in [4.78, 5) is 17.9. The van der Waals surface area contributed by atoms with Gasteiger partial charge in [0.1, 0.15) is 0 Å².